The molecule has 0 radical (unpaired) electrons. The van der Waals surface area contributed by atoms with Gasteiger partial charge in [-0.2, -0.15) is 11.8 Å². The highest BCUT2D eigenvalue weighted by atomic mass is 32.2. The van der Waals surface area contributed by atoms with Crippen molar-refractivity contribution < 1.29 is 0 Å². The molecule has 2 heterocycles. The summed E-state index contributed by atoms with van der Waals surface area (Å²) in [5.74, 6) is 4.91. The van der Waals surface area contributed by atoms with Gasteiger partial charge in [0.1, 0.15) is 0 Å². The average Bonchev–Trinajstić information content (AvgIpc) is 2.58. The number of rotatable bonds is 1. The second kappa shape index (κ2) is 3.81. The predicted octanol–water partition coefficient (Wildman–Crippen LogP) is 1.74. The lowest BCUT2D eigenvalue weighted by molar-refractivity contribution is 0.362. The van der Waals surface area contributed by atoms with Gasteiger partial charge in [-0.3, -0.25) is 0 Å². The Balaban J connectivity index is 1.82. The summed E-state index contributed by atoms with van der Waals surface area (Å²) >= 11 is 2.16. The Kier molecular flexibility index (Phi) is 2.75. The van der Waals surface area contributed by atoms with E-state index in [1.54, 1.807) is 0 Å². The first-order valence-electron chi connectivity index (χ1n) is 4.75. The first-order chi connectivity index (χ1) is 5.47. The summed E-state index contributed by atoms with van der Waals surface area (Å²) in [5, 5.41) is 3.46. The van der Waals surface area contributed by atoms with Gasteiger partial charge in [0.15, 0.2) is 0 Å². The molecular weight excluding hydrogens is 154 g/mol. The Morgan fingerprint density at radius 2 is 2.18 bits per heavy atom. The number of thioether (sulfide) groups is 1. The van der Waals surface area contributed by atoms with Gasteiger partial charge in [0.05, 0.1) is 0 Å². The second-order valence-electron chi connectivity index (χ2n) is 3.73. The third-order valence-electron chi connectivity index (χ3n) is 2.96. The molecule has 1 N–H and O–H groups in total. The molecule has 2 atom stereocenters. The van der Waals surface area contributed by atoms with E-state index in [0.717, 1.165) is 11.8 Å². The SMILES string of the molecule is C1CSCC(C2CCNC2)C1. The monoisotopic (exact) mass is 171 g/mol. The standard InChI is InChI=1S/C9H17NS/c1-2-9(7-11-5-1)8-3-4-10-6-8/h8-10H,1-7H2. The average molecular weight is 171 g/mol. The molecule has 0 amide bonds. The molecule has 0 aromatic heterocycles. The highest BCUT2D eigenvalue weighted by molar-refractivity contribution is 7.99. The maximum atomic E-state index is 3.46. The molecule has 0 spiro atoms. The quantitative estimate of drug-likeness (QED) is 0.645. The van der Waals surface area contributed by atoms with Crippen molar-refractivity contribution in [2.45, 2.75) is 19.3 Å². The normalized spacial score (nSPS) is 39.3. The van der Waals surface area contributed by atoms with Crippen LogP contribution in [0.1, 0.15) is 19.3 Å². The fraction of sp³-hybridized carbons (Fsp3) is 1.00. The Labute approximate surface area is 73.3 Å². The Hall–Kier alpha value is 0.310. The zero-order valence-electron chi connectivity index (χ0n) is 7.01. The van der Waals surface area contributed by atoms with E-state index in [-0.39, 0.29) is 0 Å². The Morgan fingerprint density at radius 3 is 2.82 bits per heavy atom. The van der Waals surface area contributed by atoms with Gasteiger partial charge >= 0.3 is 0 Å². The summed E-state index contributed by atoms with van der Waals surface area (Å²) in [7, 11) is 0. The van der Waals surface area contributed by atoms with Gasteiger partial charge in [0.2, 0.25) is 0 Å². The Bertz CT molecular complexity index is 115. The Morgan fingerprint density at radius 1 is 1.18 bits per heavy atom. The molecule has 2 aliphatic heterocycles. The molecule has 0 aromatic rings. The minimum absolute atomic E-state index is 1.02. The maximum Gasteiger partial charge on any atom is -0.00171 e. The van der Waals surface area contributed by atoms with Gasteiger partial charge in [-0.15, -0.1) is 0 Å². The largest absolute Gasteiger partial charge is 0.316 e. The summed E-state index contributed by atoms with van der Waals surface area (Å²) in [6.07, 6.45) is 4.40. The molecular formula is C9H17NS. The van der Waals surface area contributed by atoms with Gasteiger partial charge in [-0.1, -0.05) is 0 Å². The van der Waals surface area contributed by atoms with Crippen LogP contribution in [0.2, 0.25) is 0 Å². The van der Waals surface area contributed by atoms with Gasteiger partial charge in [-0.25, -0.2) is 0 Å². The third kappa shape index (κ3) is 1.91. The van der Waals surface area contributed by atoms with Crippen molar-refractivity contribution in [3.05, 3.63) is 0 Å². The topological polar surface area (TPSA) is 12.0 Å². The molecule has 2 rings (SSSR count). The van der Waals surface area contributed by atoms with Crippen LogP contribution >= 0.6 is 11.8 Å². The van der Waals surface area contributed by atoms with Gasteiger partial charge in [-0.05, 0) is 55.7 Å². The van der Waals surface area contributed by atoms with Crippen molar-refractivity contribution in [1.29, 1.82) is 0 Å². The van der Waals surface area contributed by atoms with E-state index in [2.05, 4.69) is 17.1 Å². The molecule has 11 heavy (non-hydrogen) atoms. The van der Waals surface area contributed by atoms with Crippen LogP contribution < -0.4 is 5.32 Å². The number of hydrogen-bond acceptors (Lipinski definition) is 2. The summed E-state index contributed by atoms with van der Waals surface area (Å²) < 4.78 is 0. The zero-order valence-corrected chi connectivity index (χ0v) is 7.83. The molecule has 2 fully saturated rings. The van der Waals surface area contributed by atoms with Crippen molar-refractivity contribution in [1.82, 2.24) is 5.32 Å². The van der Waals surface area contributed by atoms with Gasteiger partial charge in [0.25, 0.3) is 0 Å². The lowest BCUT2D eigenvalue weighted by Crippen LogP contribution is -2.22. The molecule has 2 heteroatoms. The molecule has 0 bridgehead atoms. The minimum Gasteiger partial charge on any atom is -0.316 e. The molecule has 1 nitrogen and oxygen atoms in total. The van der Waals surface area contributed by atoms with Gasteiger partial charge in [0, 0.05) is 0 Å². The fourth-order valence-corrected chi connectivity index (χ4v) is 3.50. The number of hydrogen-bond donors (Lipinski definition) is 1. The summed E-state index contributed by atoms with van der Waals surface area (Å²) in [5.41, 5.74) is 0. The summed E-state index contributed by atoms with van der Waals surface area (Å²) in [4.78, 5) is 0. The summed E-state index contributed by atoms with van der Waals surface area (Å²) in [6, 6.07) is 0. The first-order valence-corrected chi connectivity index (χ1v) is 5.91. The van der Waals surface area contributed by atoms with E-state index in [1.807, 2.05) is 0 Å². The van der Waals surface area contributed by atoms with Crippen LogP contribution in [0.25, 0.3) is 0 Å². The number of nitrogens with one attached hydrogen (secondary N) is 1. The minimum atomic E-state index is 1.02. The molecule has 0 aromatic carbocycles. The maximum absolute atomic E-state index is 3.46. The van der Waals surface area contributed by atoms with E-state index in [4.69, 9.17) is 0 Å². The zero-order chi connectivity index (χ0) is 7.52. The van der Waals surface area contributed by atoms with Crippen molar-refractivity contribution in [2.24, 2.45) is 11.8 Å². The van der Waals surface area contributed by atoms with Crippen molar-refractivity contribution in [3.8, 4) is 0 Å². The van der Waals surface area contributed by atoms with Crippen LogP contribution in [0.5, 0.6) is 0 Å². The van der Waals surface area contributed by atoms with Crippen molar-refractivity contribution in [3.63, 3.8) is 0 Å². The smallest absolute Gasteiger partial charge is 0.00171 e. The third-order valence-corrected chi connectivity index (χ3v) is 4.20. The van der Waals surface area contributed by atoms with Crippen LogP contribution in [0.3, 0.4) is 0 Å². The van der Waals surface area contributed by atoms with Crippen molar-refractivity contribution in [2.75, 3.05) is 24.6 Å². The highest BCUT2D eigenvalue weighted by Crippen LogP contribution is 2.31. The van der Waals surface area contributed by atoms with E-state index in [9.17, 15) is 0 Å². The van der Waals surface area contributed by atoms with Gasteiger partial charge < -0.3 is 5.32 Å². The molecule has 2 aliphatic rings. The van der Waals surface area contributed by atoms with Crippen molar-refractivity contribution >= 4 is 11.8 Å². The van der Waals surface area contributed by atoms with Crippen LogP contribution in [0, 0.1) is 11.8 Å². The molecule has 2 saturated heterocycles. The van der Waals surface area contributed by atoms with Crippen LogP contribution in [-0.2, 0) is 0 Å². The highest BCUT2D eigenvalue weighted by Gasteiger charge is 2.25. The summed E-state index contributed by atoms with van der Waals surface area (Å²) in [6.45, 7) is 2.57. The lowest BCUT2D eigenvalue weighted by atomic mass is 9.89. The fourth-order valence-electron chi connectivity index (χ4n) is 2.22. The molecule has 64 valence electrons. The van der Waals surface area contributed by atoms with E-state index in [0.29, 0.717) is 0 Å². The van der Waals surface area contributed by atoms with Crippen LogP contribution in [-0.4, -0.2) is 24.6 Å². The van der Waals surface area contributed by atoms with E-state index in [1.165, 1.54) is 43.9 Å². The van der Waals surface area contributed by atoms with E-state index < -0.39 is 0 Å². The molecule has 0 saturated carbocycles. The predicted molar refractivity (Wildman–Crippen MR) is 51.0 cm³/mol. The van der Waals surface area contributed by atoms with Crippen LogP contribution in [0.15, 0.2) is 0 Å². The van der Waals surface area contributed by atoms with Crippen LogP contribution in [0.4, 0.5) is 0 Å². The molecule has 0 aliphatic carbocycles. The van der Waals surface area contributed by atoms with E-state index >= 15 is 0 Å². The first kappa shape index (κ1) is 7.93. The second-order valence-corrected chi connectivity index (χ2v) is 4.88. The lowest BCUT2D eigenvalue weighted by Gasteiger charge is -2.26. The molecule has 2 unspecified atom stereocenters.